The van der Waals surface area contributed by atoms with Gasteiger partial charge in [-0.15, -0.1) is 0 Å². The van der Waals surface area contributed by atoms with Crippen LogP contribution in [0.3, 0.4) is 0 Å². The van der Waals surface area contributed by atoms with E-state index in [4.69, 9.17) is 4.74 Å². The molecule has 1 fully saturated rings. The lowest BCUT2D eigenvalue weighted by atomic mass is 9.97. The molecular weight excluding hydrogens is 190 g/mol. The number of rotatable bonds is 3. The molecule has 0 aromatic carbocycles. The number of aromatic nitrogens is 1. The zero-order valence-corrected chi connectivity index (χ0v) is 9.02. The van der Waals surface area contributed by atoms with Crippen molar-refractivity contribution in [1.82, 2.24) is 4.98 Å². The van der Waals surface area contributed by atoms with Gasteiger partial charge in [-0.3, -0.25) is 4.98 Å². The van der Waals surface area contributed by atoms with Crippen LogP contribution in [0.5, 0.6) is 0 Å². The van der Waals surface area contributed by atoms with Crippen LogP contribution in [0.25, 0.3) is 0 Å². The summed E-state index contributed by atoms with van der Waals surface area (Å²) in [6, 6.07) is 3.88. The molecule has 0 aliphatic carbocycles. The maximum Gasteiger partial charge on any atom is 0.0808 e. The molecule has 0 bridgehead atoms. The highest BCUT2D eigenvalue weighted by Gasteiger charge is 2.20. The molecule has 15 heavy (non-hydrogen) atoms. The summed E-state index contributed by atoms with van der Waals surface area (Å²) in [5.74, 6) is 0.501. The highest BCUT2D eigenvalue weighted by molar-refractivity contribution is 5.15. The van der Waals surface area contributed by atoms with Crippen molar-refractivity contribution in [1.29, 1.82) is 0 Å². The molecule has 1 aromatic rings. The summed E-state index contributed by atoms with van der Waals surface area (Å²) in [7, 11) is 0. The van der Waals surface area contributed by atoms with Crippen molar-refractivity contribution in [2.75, 3.05) is 13.2 Å². The average Bonchev–Trinajstić information content (AvgIpc) is 2.71. The molecule has 0 radical (unpaired) electrons. The Hall–Kier alpha value is -0.930. The van der Waals surface area contributed by atoms with E-state index in [1.165, 1.54) is 0 Å². The van der Waals surface area contributed by atoms with Gasteiger partial charge >= 0.3 is 0 Å². The monoisotopic (exact) mass is 207 g/mol. The normalized spacial score (nSPS) is 22.9. The standard InChI is InChI=1S/C12H17NO2/c1-9-2-3-11(7-13-9)12(14)6-10-4-5-15-8-10/h2-3,7,10,12,14H,4-6,8H2,1H3. The number of hydrogen-bond donors (Lipinski definition) is 1. The SMILES string of the molecule is Cc1ccc(C(O)CC2CCOC2)cn1. The molecule has 3 nitrogen and oxygen atoms in total. The van der Waals surface area contributed by atoms with Gasteiger partial charge in [0.2, 0.25) is 0 Å². The third kappa shape index (κ3) is 2.76. The van der Waals surface area contributed by atoms with E-state index < -0.39 is 6.10 Å². The zero-order chi connectivity index (χ0) is 10.7. The van der Waals surface area contributed by atoms with E-state index in [1.807, 2.05) is 19.1 Å². The van der Waals surface area contributed by atoms with Gasteiger partial charge in [0.15, 0.2) is 0 Å². The van der Waals surface area contributed by atoms with Gasteiger partial charge in [-0.2, -0.15) is 0 Å². The second-order valence-electron chi connectivity index (χ2n) is 4.21. The topological polar surface area (TPSA) is 42.4 Å². The van der Waals surface area contributed by atoms with Crippen LogP contribution in [-0.2, 0) is 4.74 Å². The summed E-state index contributed by atoms with van der Waals surface area (Å²) in [6.07, 6.45) is 3.21. The Kier molecular flexibility index (Phi) is 3.34. The maximum absolute atomic E-state index is 9.98. The second kappa shape index (κ2) is 4.73. The van der Waals surface area contributed by atoms with Crippen LogP contribution in [0.1, 0.15) is 30.2 Å². The number of hydrogen-bond acceptors (Lipinski definition) is 3. The lowest BCUT2D eigenvalue weighted by molar-refractivity contribution is 0.129. The Morgan fingerprint density at radius 2 is 2.47 bits per heavy atom. The van der Waals surface area contributed by atoms with Crippen LogP contribution in [0.2, 0.25) is 0 Å². The third-order valence-corrected chi connectivity index (χ3v) is 2.90. The van der Waals surface area contributed by atoms with E-state index >= 15 is 0 Å². The van der Waals surface area contributed by atoms with Crippen LogP contribution in [0.4, 0.5) is 0 Å². The number of nitrogens with zero attached hydrogens (tertiary/aromatic N) is 1. The van der Waals surface area contributed by atoms with E-state index in [1.54, 1.807) is 6.20 Å². The molecule has 2 rings (SSSR count). The lowest BCUT2D eigenvalue weighted by Crippen LogP contribution is -2.07. The first-order valence-electron chi connectivity index (χ1n) is 5.44. The van der Waals surface area contributed by atoms with Crippen LogP contribution in [-0.4, -0.2) is 23.3 Å². The highest BCUT2D eigenvalue weighted by Crippen LogP contribution is 2.25. The van der Waals surface area contributed by atoms with Gasteiger partial charge in [0.25, 0.3) is 0 Å². The second-order valence-corrected chi connectivity index (χ2v) is 4.21. The van der Waals surface area contributed by atoms with Crippen molar-refractivity contribution < 1.29 is 9.84 Å². The molecule has 1 aliphatic rings. The molecule has 82 valence electrons. The molecule has 3 heteroatoms. The molecule has 1 saturated heterocycles. The minimum absolute atomic E-state index is 0.398. The van der Waals surface area contributed by atoms with E-state index in [0.29, 0.717) is 5.92 Å². The highest BCUT2D eigenvalue weighted by atomic mass is 16.5. The van der Waals surface area contributed by atoms with Gasteiger partial charge in [0.1, 0.15) is 0 Å². The quantitative estimate of drug-likeness (QED) is 0.822. The molecule has 0 amide bonds. The lowest BCUT2D eigenvalue weighted by Gasteiger charge is -2.14. The predicted molar refractivity (Wildman–Crippen MR) is 57.5 cm³/mol. The molecule has 1 N–H and O–H groups in total. The first kappa shape index (κ1) is 10.6. The van der Waals surface area contributed by atoms with Crippen LogP contribution >= 0.6 is 0 Å². The van der Waals surface area contributed by atoms with Crippen molar-refractivity contribution >= 4 is 0 Å². The van der Waals surface area contributed by atoms with Crippen molar-refractivity contribution in [2.24, 2.45) is 5.92 Å². The van der Waals surface area contributed by atoms with Crippen LogP contribution < -0.4 is 0 Å². The molecule has 2 heterocycles. The minimum atomic E-state index is -0.398. The summed E-state index contributed by atoms with van der Waals surface area (Å²) in [5, 5.41) is 9.98. The average molecular weight is 207 g/mol. The van der Waals surface area contributed by atoms with Gasteiger partial charge in [-0.05, 0) is 37.3 Å². The molecule has 1 aromatic heterocycles. The molecule has 1 aliphatic heterocycles. The van der Waals surface area contributed by atoms with E-state index in [-0.39, 0.29) is 0 Å². The zero-order valence-electron chi connectivity index (χ0n) is 9.02. The third-order valence-electron chi connectivity index (χ3n) is 2.90. The predicted octanol–water partition coefficient (Wildman–Crippen LogP) is 1.85. The Labute approximate surface area is 90.1 Å². The fraction of sp³-hybridized carbons (Fsp3) is 0.583. The van der Waals surface area contributed by atoms with Gasteiger partial charge in [-0.25, -0.2) is 0 Å². The van der Waals surface area contributed by atoms with Gasteiger partial charge in [-0.1, -0.05) is 6.07 Å². The number of ether oxygens (including phenoxy) is 1. The van der Waals surface area contributed by atoms with Crippen molar-refractivity contribution in [3.8, 4) is 0 Å². The molecule has 2 atom stereocenters. The molecule has 0 spiro atoms. The summed E-state index contributed by atoms with van der Waals surface area (Å²) in [6.45, 7) is 3.57. The number of pyridine rings is 1. The summed E-state index contributed by atoms with van der Waals surface area (Å²) in [5.41, 5.74) is 1.89. The largest absolute Gasteiger partial charge is 0.388 e. The van der Waals surface area contributed by atoms with E-state index in [2.05, 4.69) is 4.98 Å². The minimum Gasteiger partial charge on any atom is -0.388 e. The number of aliphatic hydroxyl groups excluding tert-OH is 1. The molecule has 0 saturated carbocycles. The number of aryl methyl sites for hydroxylation is 1. The maximum atomic E-state index is 9.98. The molecule has 2 unspecified atom stereocenters. The van der Waals surface area contributed by atoms with E-state index in [9.17, 15) is 5.11 Å². The van der Waals surface area contributed by atoms with E-state index in [0.717, 1.165) is 37.3 Å². The van der Waals surface area contributed by atoms with Crippen molar-refractivity contribution in [3.63, 3.8) is 0 Å². The van der Waals surface area contributed by atoms with Crippen LogP contribution in [0.15, 0.2) is 18.3 Å². The van der Waals surface area contributed by atoms with Crippen molar-refractivity contribution in [3.05, 3.63) is 29.6 Å². The number of aliphatic hydroxyl groups is 1. The Balaban J connectivity index is 1.94. The van der Waals surface area contributed by atoms with Gasteiger partial charge in [0, 0.05) is 25.1 Å². The van der Waals surface area contributed by atoms with Gasteiger partial charge in [0.05, 0.1) is 6.10 Å². The summed E-state index contributed by atoms with van der Waals surface area (Å²) >= 11 is 0. The fourth-order valence-corrected chi connectivity index (χ4v) is 1.90. The van der Waals surface area contributed by atoms with Crippen molar-refractivity contribution in [2.45, 2.75) is 25.9 Å². The Morgan fingerprint density at radius 1 is 1.60 bits per heavy atom. The first-order valence-corrected chi connectivity index (χ1v) is 5.44. The van der Waals surface area contributed by atoms with Gasteiger partial charge < -0.3 is 9.84 Å². The summed E-state index contributed by atoms with van der Waals surface area (Å²) in [4.78, 5) is 4.18. The first-order chi connectivity index (χ1) is 7.25. The van der Waals surface area contributed by atoms with Crippen LogP contribution in [0, 0.1) is 12.8 Å². The smallest absolute Gasteiger partial charge is 0.0808 e. The Morgan fingerprint density at radius 3 is 3.07 bits per heavy atom. The molecular formula is C12H17NO2. The summed E-state index contributed by atoms with van der Waals surface area (Å²) < 4.78 is 5.29. The Bertz CT molecular complexity index is 304. The fourth-order valence-electron chi connectivity index (χ4n) is 1.90.